The highest BCUT2D eigenvalue weighted by Gasteiger charge is 2.06. The van der Waals surface area contributed by atoms with Crippen LogP contribution in [-0.2, 0) is 16.6 Å². The van der Waals surface area contributed by atoms with Gasteiger partial charge in [-0.3, -0.25) is 0 Å². The van der Waals surface area contributed by atoms with Crippen molar-refractivity contribution in [2.24, 2.45) is 0 Å². The highest BCUT2D eigenvalue weighted by Crippen LogP contribution is 1.92. The molecule has 0 spiro atoms. The third kappa shape index (κ3) is 5.15. The van der Waals surface area contributed by atoms with Gasteiger partial charge in [0.2, 0.25) is 0 Å². The van der Waals surface area contributed by atoms with Crippen LogP contribution < -0.4 is 0 Å². The number of thiol groups is 1. The first-order valence-corrected chi connectivity index (χ1v) is 5.77. The van der Waals surface area contributed by atoms with Crippen molar-refractivity contribution in [2.45, 2.75) is 0 Å². The minimum Gasteiger partial charge on any atom is -0.379 e. The minimum absolute atomic E-state index is 0.130. The van der Waals surface area contributed by atoms with Crippen LogP contribution in [0.15, 0.2) is 22.9 Å². The van der Waals surface area contributed by atoms with Gasteiger partial charge in [0.15, 0.2) is 0 Å². The Kier molecular flexibility index (Phi) is 6.01. The Morgan fingerprint density at radius 3 is 2.15 bits per heavy atom. The number of ether oxygens (including phenoxy) is 1. The van der Waals surface area contributed by atoms with Gasteiger partial charge in [-0.25, -0.2) is 8.51 Å². The summed E-state index contributed by atoms with van der Waals surface area (Å²) in [6, 6.07) is 4.04. The maximum atomic E-state index is 10.1. The molecule has 0 amide bonds. The summed E-state index contributed by atoms with van der Waals surface area (Å²) in [5.41, 5.74) is 0. The number of nitrogens with zero attached hydrogens (tertiary/aromatic N) is 1. The van der Waals surface area contributed by atoms with Crippen LogP contribution in [0.4, 0.5) is 0 Å². The van der Waals surface area contributed by atoms with Crippen molar-refractivity contribution >= 4 is 23.2 Å². The molecule has 3 nitrogen and oxygen atoms in total. The fourth-order valence-corrected chi connectivity index (χ4v) is 1.64. The first-order valence-electron chi connectivity index (χ1n) is 4.06. The van der Waals surface area contributed by atoms with E-state index in [-0.39, 0.29) is 11.9 Å². The minimum atomic E-state index is 0.130. The van der Waals surface area contributed by atoms with Crippen LogP contribution in [-0.4, -0.2) is 34.8 Å². The van der Waals surface area contributed by atoms with Crippen molar-refractivity contribution in [1.29, 1.82) is 0 Å². The lowest BCUT2D eigenvalue weighted by Crippen LogP contribution is -2.32. The van der Waals surface area contributed by atoms with Gasteiger partial charge >= 0.3 is 0 Å². The smallest absolute Gasteiger partial charge is 0.0809 e. The van der Waals surface area contributed by atoms with Gasteiger partial charge in [-0.15, -0.1) is 0 Å². The summed E-state index contributed by atoms with van der Waals surface area (Å²) < 4.78 is 17.0. The molecule has 0 aromatic carbocycles. The molecule has 0 unspecified atom stereocenters. The molecule has 0 saturated carbocycles. The van der Waals surface area contributed by atoms with Crippen molar-refractivity contribution in [2.75, 3.05) is 26.3 Å². The van der Waals surface area contributed by atoms with Crippen molar-refractivity contribution in [1.82, 2.24) is 4.31 Å². The molecule has 2 heterocycles. The molecule has 1 aromatic rings. The molecule has 0 bridgehead atoms. The normalized spacial score (nSPS) is 17.5. The topological polar surface area (TPSA) is 29.5 Å². The van der Waals surface area contributed by atoms with Gasteiger partial charge < -0.3 is 4.74 Å². The predicted octanol–water partition coefficient (Wildman–Crippen LogP) is 0.927. The summed E-state index contributed by atoms with van der Waals surface area (Å²) in [7, 11) is 0. The zero-order valence-corrected chi connectivity index (χ0v) is 8.97. The largest absolute Gasteiger partial charge is 0.379 e. The molecule has 1 aromatic heterocycles. The summed E-state index contributed by atoms with van der Waals surface area (Å²) in [6.07, 6.45) is 0. The fraction of sp³-hybridized carbons (Fsp3) is 0.500. The van der Waals surface area contributed by atoms with Crippen LogP contribution in [0.3, 0.4) is 0 Å². The first kappa shape index (κ1) is 10.8. The summed E-state index contributed by atoms with van der Waals surface area (Å²) >= 11 is 1.84. The number of morpholine rings is 1. The third-order valence-electron chi connectivity index (χ3n) is 1.53. The van der Waals surface area contributed by atoms with E-state index in [1.54, 1.807) is 11.3 Å². The van der Waals surface area contributed by atoms with Gasteiger partial charge in [0.1, 0.15) is 0 Å². The molecular formula is C8H13NO2S2. The standard InChI is InChI=1S/C4H9NO2S.C4H4S/c6-8-5-1-3-7-4-2-5;1-2-4-5-3-1/h8H,1-4H2;1-4H. The maximum Gasteiger partial charge on any atom is 0.0809 e. The zero-order valence-electron chi connectivity index (χ0n) is 7.26. The molecule has 2 rings (SSSR count). The fourth-order valence-electron chi connectivity index (χ4n) is 0.862. The van der Waals surface area contributed by atoms with E-state index in [0.29, 0.717) is 0 Å². The second-order valence-electron chi connectivity index (χ2n) is 2.44. The van der Waals surface area contributed by atoms with Crippen LogP contribution in [0.1, 0.15) is 0 Å². The summed E-state index contributed by atoms with van der Waals surface area (Å²) in [4.78, 5) is 0. The van der Waals surface area contributed by atoms with Gasteiger partial charge in [-0.1, -0.05) is 12.1 Å². The van der Waals surface area contributed by atoms with Gasteiger partial charge in [-0.05, 0) is 10.8 Å². The SMILES string of the molecule is O=[SH]N1CCOCC1.c1ccsc1. The lowest BCUT2D eigenvalue weighted by Gasteiger charge is -2.19. The summed E-state index contributed by atoms with van der Waals surface area (Å²) in [5.74, 6) is 0. The molecule has 13 heavy (non-hydrogen) atoms. The number of rotatable bonds is 1. The number of thiophene rings is 1. The van der Waals surface area contributed by atoms with E-state index in [0.717, 1.165) is 26.3 Å². The van der Waals surface area contributed by atoms with Crippen molar-refractivity contribution in [3.05, 3.63) is 22.9 Å². The lowest BCUT2D eigenvalue weighted by molar-refractivity contribution is 0.0763. The molecule has 1 saturated heterocycles. The molecule has 1 fully saturated rings. The lowest BCUT2D eigenvalue weighted by atomic mass is 10.5. The highest BCUT2D eigenvalue weighted by molar-refractivity contribution is 7.63. The molecule has 5 heteroatoms. The number of hydrogen-bond acceptors (Lipinski definition) is 3. The second kappa shape index (κ2) is 7.20. The van der Waals surface area contributed by atoms with Gasteiger partial charge in [0.25, 0.3) is 0 Å². The molecule has 0 aliphatic carbocycles. The van der Waals surface area contributed by atoms with E-state index in [1.807, 2.05) is 27.2 Å². The second-order valence-corrected chi connectivity index (χ2v) is 3.99. The first-order chi connectivity index (χ1) is 6.43. The molecule has 0 radical (unpaired) electrons. The van der Waals surface area contributed by atoms with Crippen LogP contribution in [0, 0.1) is 0 Å². The Balaban J connectivity index is 0.000000145. The molecular weight excluding hydrogens is 206 g/mol. The molecule has 0 atom stereocenters. The van der Waals surface area contributed by atoms with Crippen molar-refractivity contribution in [3.8, 4) is 0 Å². The molecule has 74 valence electrons. The van der Waals surface area contributed by atoms with E-state index >= 15 is 0 Å². The Morgan fingerprint density at radius 2 is 1.85 bits per heavy atom. The zero-order chi connectivity index (χ0) is 9.36. The van der Waals surface area contributed by atoms with E-state index in [9.17, 15) is 4.21 Å². The molecule has 1 aliphatic rings. The van der Waals surface area contributed by atoms with Gasteiger partial charge in [0, 0.05) is 13.1 Å². The average molecular weight is 219 g/mol. The monoisotopic (exact) mass is 219 g/mol. The van der Waals surface area contributed by atoms with Crippen molar-refractivity contribution in [3.63, 3.8) is 0 Å². The Morgan fingerprint density at radius 1 is 1.23 bits per heavy atom. The van der Waals surface area contributed by atoms with E-state index in [1.165, 1.54) is 0 Å². The van der Waals surface area contributed by atoms with Crippen LogP contribution >= 0.6 is 11.3 Å². The Bertz CT molecular complexity index is 193. The highest BCUT2D eigenvalue weighted by atomic mass is 32.2. The van der Waals surface area contributed by atoms with Crippen molar-refractivity contribution < 1.29 is 8.95 Å². The number of hydrogen-bond donors (Lipinski definition) is 1. The Labute approximate surface area is 85.9 Å². The summed E-state index contributed by atoms with van der Waals surface area (Å²) in [6.45, 7) is 3.03. The molecule has 1 aliphatic heterocycles. The summed E-state index contributed by atoms with van der Waals surface area (Å²) in [5, 5.41) is 4.08. The third-order valence-corrected chi connectivity index (χ3v) is 2.79. The average Bonchev–Trinajstić information content (AvgIpc) is 2.77. The predicted molar refractivity (Wildman–Crippen MR) is 56.2 cm³/mol. The van der Waals surface area contributed by atoms with Gasteiger partial charge in [-0.2, -0.15) is 11.3 Å². The quantitative estimate of drug-likeness (QED) is 0.712. The van der Waals surface area contributed by atoms with E-state index < -0.39 is 0 Å². The maximum absolute atomic E-state index is 10.1. The van der Waals surface area contributed by atoms with Crippen LogP contribution in [0.25, 0.3) is 0 Å². The van der Waals surface area contributed by atoms with Crippen LogP contribution in [0.5, 0.6) is 0 Å². The molecule has 0 N–H and O–H groups in total. The van der Waals surface area contributed by atoms with E-state index in [2.05, 4.69) is 0 Å². The van der Waals surface area contributed by atoms with Gasteiger partial charge in [0.05, 0.1) is 25.1 Å². The van der Waals surface area contributed by atoms with E-state index in [4.69, 9.17) is 4.74 Å². The Hall–Kier alpha value is -0.230. The van der Waals surface area contributed by atoms with Crippen LogP contribution in [0.2, 0.25) is 0 Å².